The Kier molecular flexibility index (Phi) is 6.11. The first-order valence-electron chi connectivity index (χ1n) is 7.69. The molecule has 0 bridgehead atoms. The molecule has 0 saturated heterocycles. The molecule has 0 saturated carbocycles. The molecule has 0 aliphatic carbocycles. The first-order valence-corrected chi connectivity index (χ1v) is 7.69. The van der Waals surface area contributed by atoms with E-state index in [-0.39, 0.29) is 5.78 Å². The summed E-state index contributed by atoms with van der Waals surface area (Å²) in [6.07, 6.45) is 3.91. The zero-order valence-electron chi connectivity index (χ0n) is 12.9. The molecule has 2 unspecified atom stereocenters. The average Bonchev–Trinajstić information content (AvgIpc) is 2.58. The third kappa shape index (κ3) is 4.68. The summed E-state index contributed by atoms with van der Waals surface area (Å²) in [5, 5.41) is 10.2. The van der Waals surface area contributed by atoms with E-state index in [0.29, 0.717) is 12.8 Å². The number of aliphatic hydroxyl groups is 1. The number of allylic oxidation sites excluding steroid dienone is 1. The largest absolute Gasteiger partial charge is 0.392 e. The summed E-state index contributed by atoms with van der Waals surface area (Å²) in [4.78, 5) is 12.5. The number of rotatable bonds is 7. The molecule has 2 nitrogen and oxygen atoms in total. The average molecular weight is 294 g/mol. The van der Waals surface area contributed by atoms with Gasteiger partial charge in [0.25, 0.3) is 0 Å². The van der Waals surface area contributed by atoms with Gasteiger partial charge in [0.2, 0.25) is 0 Å². The van der Waals surface area contributed by atoms with Gasteiger partial charge < -0.3 is 5.11 Å². The fourth-order valence-corrected chi connectivity index (χ4v) is 2.44. The monoisotopic (exact) mass is 294 g/mol. The van der Waals surface area contributed by atoms with E-state index in [1.807, 2.05) is 73.7 Å². The normalized spacial score (nSPS) is 13.9. The zero-order valence-corrected chi connectivity index (χ0v) is 12.9. The van der Waals surface area contributed by atoms with Crippen LogP contribution < -0.4 is 0 Å². The van der Waals surface area contributed by atoms with Gasteiger partial charge in [-0.1, -0.05) is 73.7 Å². The minimum Gasteiger partial charge on any atom is -0.392 e. The Bertz CT molecular complexity index is 602. The van der Waals surface area contributed by atoms with Gasteiger partial charge in [0, 0.05) is 0 Å². The van der Waals surface area contributed by atoms with Crippen molar-refractivity contribution in [3.05, 3.63) is 77.9 Å². The van der Waals surface area contributed by atoms with Crippen molar-refractivity contribution in [3.63, 3.8) is 0 Å². The van der Waals surface area contributed by atoms with E-state index in [9.17, 15) is 9.90 Å². The number of hydrogen-bond donors (Lipinski definition) is 1. The lowest BCUT2D eigenvalue weighted by molar-refractivity contribution is -0.121. The topological polar surface area (TPSA) is 37.3 Å². The predicted molar refractivity (Wildman–Crippen MR) is 90.4 cm³/mol. The van der Waals surface area contributed by atoms with Crippen molar-refractivity contribution in [2.24, 2.45) is 5.92 Å². The highest BCUT2D eigenvalue weighted by atomic mass is 16.3. The number of hydrogen-bond acceptors (Lipinski definition) is 2. The molecular formula is C20H22O2. The number of ketones is 1. The van der Waals surface area contributed by atoms with E-state index in [1.165, 1.54) is 0 Å². The molecule has 2 aromatic rings. The van der Waals surface area contributed by atoms with Crippen LogP contribution >= 0.6 is 0 Å². The molecule has 0 aliphatic heterocycles. The molecule has 0 aliphatic rings. The van der Waals surface area contributed by atoms with Gasteiger partial charge in [-0.15, -0.1) is 0 Å². The van der Waals surface area contributed by atoms with Crippen LogP contribution in [0, 0.1) is 5.92 Å². The molecule has 2 heteroatoms. The van der Waals surface area contributed by atoms with Gasteiger partial charge in [-0.25, -0.2) is 0 Å². The molecule has 2 rings (SSSR count). The van der Waals surface area contributed by atoms with Crippen LogP contribution in [0.25, 0.3) is 6.08 Å². The molecule has 0 radical (unpaired) electrons. The van der Waals surface area contributed by atoms with Crippen molar-refractivity contribution in [2.45, 2.75) is 25.9 Å². The van der Waals surface area contributed by atoms with Gasteiger partial charge in [0.15, 0.2) is 5.78 Å². The minimum absolute atomic E-state index is 0.0259. The fourth-order valence-electron chi connectivity index (χ4n) is 2.44. The molecule has 0 amide bonds. The van der Waals surface area contributed by atoms with Gasteiger partial charge in [-0.2, -0.15) is 0 Å². The summed E-state index contributed by atoms with van der Waals surface area (Å²) in [5.41, 5.74) is 2.06. The Balaban J connectivity index is 2.11. The smallest absolute Gasteiger partial charge is 0.161 e. The zero-order chi connectivity index (χ0) is 15.8. The Hall–Kier alpha value is -2.19. The highest BCUT2D eigenvalue weighted by Gasteiger charge is 2.23. The lowest BCUT2D eigenvalue weighted by Crippen LogP contribution is -2.28. The van der Waals surface area contributed by atoms with Crippen molar-refractivity contribution in [1.82, 2.24) is 0 Å². The number of aliphatic hydroxyl groups excluding tert-OH is 1. The quantitative estimate of drug-likeness (QED) is 0.786. The van der Waals surface area contributed by atoms with Crippen molar-refractivity contribution in [3.8, 4) is 0 Å². The third-order valence-corrected chi connectivity index (χ3v) is 3.79. The van der Waals surface area contributed by atoms with E-state index in [4.69, 9.17) is 0 Å². The van der Waals surface area contributed by atoms with Gasteiger partial charge >= 0.3 is 0 Å². The van der Waals surface area contributed by atoms with Crippen LogP contribution in [0.5, 0.6) is 0 Å². The Morgan fingerprint density at radius 2 is 1.64 bits per heavy atom. The van der Waals surface area contributed by atoms with E-state index in [0.717, 1.165) is 11.1 Å². The van der Waals surface area contributed by atoms with Gasteiger partial charge in [0.05, 0.1) is 12.0 Å². The molecule has 2 atom stereocenters. The molecule has 0 heterocycles. The van der Waals surface area contributed by atoms with E-state index < -0.39 is 12.0 Å². The van der Waals surface area contributed by atoms with Crippen molar-refractivity contribution >= 4 is 11.9 Å². The van der Waals surface area contributed by atoms with Gasteiger partial charge in [0.1, 0.15) is 0 Å². The minimum atomic E-state index is -0.617. The Labute approximate surface area is 132 Å². The van der Waals surface area contributed by atoms with Crippen LogP contribution in [0.15, 0.2) is 66.7 Å². The second-order valence-corrected chi connectivity index (χ2v) is 5.42. The molecular weight excluding hydrogens is 272 g/mol. The molecule has 114 valence electrons. The van der Waals surface area contributed by atoms with Crippen LogP contribution in [-0.4, -0.2) is 17.0 Å². The summed E-state index contributed by atoms with van der Waals surface area (Å²) < 4.78 is 0. The standard InChI is InChI=1S/C20H22O2/c1-2-19(21)18(15-17-11-7-4-8-12-17)20(22)14-13-16-9-5-3-6-10-16/h3-14,18-19,21H,2,15H2,1H3. The van der Waals surface area contributed by atoms with Crippen LogP contribution in [0.3, 0.4) is 0 Å². The highest BCUT2D eigenvalue weighted by molar-refractivity contribution is 5.95. The van der Waals surface area contributed by atoms with Crippen molar-refractivity contribution < 1.29 is 9.90 Å². The summed E-state index contributed by atoms with van der Waals surface area (Å²) in [6.45, 7) is 1.90. The third-order valence-electron chi connectivity index (χ3n) is 3.79. The predicted octanol–water partition coefficient (Wildman–Crippen LogP) is 3.90. The fraction of sp³-hybridized carbons (Fsp3) is 0.250. The molecule has 1 N–H and O–H groups in total. The first kappa shape index (κ1) is 16.2. The van der Waals surface area contributed by atoms with Gasteiger partial charge in [-0.05, 0) is 30.0 Å². The maximum Gasteiger partial charge on any atom is 0.161 e. The second kappa shape index (κ2) is 8.30. The van der Waals surface area contributed by atoms with E-state index >= 15 is 0 Å². The molecule has 22 heavy (non-hydrogen) atoms. The SMILES string of the molecule is CCC(O)C(Cc1ccccc1)C(=O)C=Cc1ccccc1. The van der Waals surface area contributed by atoms with Crippen LogP contribution in [-0.2, 0) is 11.2 Å². The van der Waals surface area contributed by atoms with Crippen LogP contribution in [0.4, 0.5) is 0 Å². The van der Waals surface area contributed by atoms with E-state index in [1.54, 1.807) is 6.08 Å². The summed E-state index contributed by atoms with van der Waals surface area (Å²) in [7, 11) is 0. The summed E-state index contributed by atoms with van der Waals surface area (Å²) in [6, 6.07) is 19.6. The lowest BCUT2D eigenvalue weighted by Gasteiger charge is -2.19. The van der Waals surface area contributed by atoms with Crippen LogP contribution in [0.1, 0.15) is 24.5 Å². The molecule has 0 aromatic heterocycles. The maximum atomic E-state index is 12.5. The molecule has 0 spiro atoms. The second-order valence-electron chi connectivity index (χ2n) is 5.42. The number of carbonyl (C=O) groups is 1. The molecule has 2 aromatic carbocycles. The maximum absolute atomic E-state index is 12.5. The Morgan fingerprint density at radius 1 is 1.05 bits per heavy atom. The summed E-state index contributed by atoms with van der Waals surface area (Å²) >= 11 is 0. The lowest BCUT2D eigenvalue weighted by atomic mass is 9.88. The number of carbonyl (C=O) groups excluding carboxylic acids is 1. The first-order chi connectivity index (χ1) is 10.7. The van der Waals surface area contributed by atoms with E-state index in [2.05, 4.69) is 0 Å². The number of benzene rings is 2. The molecule has 0 fully saturated rings. The highest BCUT2D eigenvalue weighted by Crippen LogP contribution is 2.17. The Morgan fingerprint density at radius 3 is 2.23 bits per heavy atom. The summed E-state index contributed by atoms with van der Waals surface area (Å²) in [5.74, 6) is -0.422. The van der Waals surface area contributed by atoms with Crippen molar-refractivity contribution in [2.75, 3.05) is 0 Å². The van der Waals surface area contributed by atoms with Gasteiger partial charge in [-0.3, -0.25) is 4.79 Å². The van der Waals surface area contributed by atoms with Crippen LogP contribution in [0.2, 0.25) is 0 Å². The van der Waals surface area contributed by atoms with Crippen molar-refractivity contribution in [1.29, 1.82) is 0 Å².